The van der Waals surface area contributed by atoms with Crippen molar-refractivity contribution in [2.75, 3.05) is 22.5 Å². The van der Waals surface area contributed by atoms with E-state index in [0.717, 1.165) is 24.3 Å². The standard InChI is InChI=1S/C20H23N5/c1-3-15-10-12-16(13-11-15)24-19-18(21)20(23-14-22-19)25(4-2)17-8-6-5-7-9-17/h5-14H,3-4,21H2,1-2H3,(H,22,23,24). The maximum atomic E-state index is 6.37. The first-order valence-corrected chi connectivity index (χ1v) is 8.52. The highest BCUT2D eigenvalue weighted by Gasteiger charge is 2.15. The number of hydrogen-bond acceptors (Lipinski definition) is 5. The third kappa shape index (κ3) is 3.71. The van der Waals surface area contributed by atoms with Gasteiger partial charge in [0.25, 0.3) is 0 Å². The van der Waals surface area contributed by atoms with E-state index >= 15 is 0 Å². The van der Waals surface area contributed by atoms with Crippen LogP contribution in [0.25, 0.3) is 0 Å². The molecule has 0 saturated carbocycles. The Kier molecular flexibility index (Phi) is 5.14. The van der Waals surface area contributed by atoms with Crippen LogP contribution in [-0.2, 0) is 6.42 Å². The predicted molar refractivity (Wildman–Crippen MR) is 105 cm³/mol. The van der Waals surface area contributed by atoms with Crippen molar-refractivity contribution in [2.45, 2.75) is 20.3 Å². The van der Waals surface area contributed by atoms with Gasteiger partial charge in [-0.05, 0) is 43.2 Å². The number of aryl methyl sites for hydroxylation is 1. The lowest BCUT2D eigenvalue weighted by Gasteiger charge is -2.24. The number of benzene rings is 2. The van der Waals surface area contributed by atoms with Gasteiger partial charge < -0.3 is 16.0 Å². The van der Waals surface area contributed by atoms with Crippen LogP contribution in [0, 0.1) is 0 Å². The molecule has 0 saturated heterocycles. The fourth-order valence-corrected chi connectivity index (χ4v) is 2.72. The van der Waals surface area contributed by atoms with Gasteiger partial charge in [-0.3, -0.25) is 0 Å². The van der Waals surface area contributed by atoms with Crippen LogP contribution < -0.4 is 16.0 Å². The quantitative estimate of drug-likeness (QED) is 0.694. The molecule has 0 atom stereocenters. The van der Waals surface area contributed by atoms with Crippen molar-refractivity contribution in [3.8, 4) is 0 Å². The van der Waals surface area contributed by atoms with Gasteiger partial charge in [-0.25, -0.2) is 9.97 Å². The van der Waals surface area contributed by atoms with Gasteiger partial charge in [0, 0.05) is 17.9 Å². The number of nitrogens with zero attached hydrogens (tertiary/aromatic N) is 3. The van der Waals surface area contributed by atoms with Crippen molar-refractivity contribution in [3.05, 3.63) is 66.5 Å². The zero-order valence-electron chi connectivity index (χ0n) is 14.6. The topological polar surface area (TPSA) is 67.1 Å². The number of hydrogen-bond donors (Lipinski definition) is 2. The molecule has 128 valence electrons. The minimum atomic E-state index is 0.535. The smallest absolute Gasteiger partial charge is 0.161 e. The molecule has 0 radical (unpaired) electrons. The Hall–Kier alpha value is -3.08. The minimum Gasteiger partial charge on any atom is -0.393 e. The highest BCUT2D eigenvalue weighted by molar-refractivity contribution is 5.81. The average molecular weight is 333 g/mol. The van der Waals surface area contributed by atoms with Gasteiger partial charge in [-0.1, -0.05) is 37.3 Å². The van der Waals surface area contributed by atoms with Crippen molar-refractivity contribution >= 4 is 28.7 Å². The van der Waals surface area contributed by atoms with Crippen LogP contribution >= 0.6 is 0 Å². The SMILES string of the molecule is CCc1ccc(Nc2ncnc(N(CC)c3ccccc3)c2N)cc1. The van der Waals surface area contributed by atoms with Crippen LogP contribution in [0.4, 0.5) is 28.7 Å². The largest absolute Gasteiger partial charge is 0.393 e. The van der Waals surface area contributed by atoms with Crippen LogP contribution in [0.15, 0.2) is 60.9 Å². The van der Waals surface area contributed by atoms with Crippen LogP contribution in [0.1, 0.15) is 19.4 Å². The molecular weight excluding hydrogens is 310 g/mol. The van der Waals surface area contributed by atoms with E-state index in [-0.39, 0.29) is 0 Å². The Morgan fingerprint density at radius 3 is 2.32 bits per heavy atom. The van der Waals surface area contributed by atoms with E-state index in [1.165, 1.54) is 5.56 Å². The number of para-hydroxylation sites is 1. The van der Waals surface area contributed by atoms with Crippen molar-refractivity contribution in [2.24, 2.45) is 0 Å². The van der Waals surface area contributed by atoms with E-state index < -0.39 is 0 Å². The highest BCUT2D eigenvalue weighted by Crippen LogP contribution is 2.32. The normalized spacial score (nSPS) is 10.5. The Morgan fingerprint density at radius 2 is 1.68 bits per heavy atom. The summed E-state index contributed by atoms with van der Waals surface area (Å²) in [4.78, 5) is 10.8. The first-order chi connectivity index (χ1) is 12.2. The Morgan fingerprint density at radius 1 is 0.960 bits per heavy atom. The molecule has 0 unspecified atom stereocenters. The second kappa shape index (κ2) is 7.66. The summed E-state index contributed by atoms with van der Waals surface area (Å²) in [6, 6.07) is 18.4. The van der Waals surface area contributed by atoms with Gasteiger partial charge in [0.15, 0.2) is 11.6 Å². The molecule has 3 rings (SSSR count). The van der Waals surface area contributed by atoms with E-state index in [1.807, 2.05) is 42.5 Å². The first-order valence-electron chi connectivity index (χ1n) is 8.52. The summed E-state index contributed by atoms with van der Waals surface area (Å²) < 4.78 is 0. The van der Waals surface area contributed by atoms with Crippen LogP contribution in [-0.4, -0.2) is 16.5 Å². The molecule has 3 N–H and O–H groups in total. The van der Waals surface area contributed by atoms with E-state index in [4.69, 9.17) is 5.73 Å². The van der Waals surface area contributed by atoms with Crippen LogP contribution in [0.2, 0.25) is 0 Å². The summed E-state index contributed by atoms with van der Waals surface area (Å²) in [6.45, 7) is 4.97. The lowest BCUT2D eigenvalue weighted by molar-refractivity contribution is 0.980. The van der Waals surface area contributed by atoms with Gasteiger partial charge in [-0.2, -0.15) is 0 Å². The predicted octanol–water partition coefficient (Wildman–Crippen LogP) is 4.52. The fourth-order valence-electron chi connectivity index (χ4n) is 2.72. The van der Waals surface area contributed by atoms with Crippen molar-refractivity contribution < 1.29 is 0 Å². The molecule has 0 amide bonds. The van der Waals surface area contributed by atoms with Crippen molar-refractivity contribution in [1.29, 1.82) is 0 Å². The number of rotatable bonds is 6. The molecule has 0 aliphatic carbocycles. The van der Waals surface area contributed by atoms with Crippen molar-refractivity contribution in [1.82, 2.24) is 9.97 Å². The third-order valence-electron chi connectivity index (χ3n) is 4.13. The molecule has 3 aromatic rings. The Bertz CT molecular complexity index is 815. The van der Waals surface area contributed by atoms with E-state index in [1.54, 1.807) is 6.33 Å². The summed E-state index contributed by atoms with van der Waals surface area (Å²) >= 11 is 0. The molecular formula is C20H23N5. The minimum absolute atomic E-state index is 0.535. The molecule has 0 bridgehead atoms. The van der Waals surface area contributed by atoms with Crippen LogP contribution in [0.5, 0.6) is 0 Å². The molecule has 0 aliphatic heterocycles. The van der Waals surface area contributed by atoms with Gasteiger partial charge in [-0.15, -0.1) is 0 Å². The van der Waals surface area contributed by atoms with Crippen molar-refractivity contribution in [3.63, 3.8) is 0 Å². The summed E-state index contributed by atoms with van der Waals surface area (Å²) in [6.07, 6.45) is 2.56. The van der Waals surface area contributed by atoms with Gasteiger partial charge >= 0.3 is 0 Å². The van der Waals surface area contributed by atoms with E-state index in [2.05, 4.69) is 46.2 Å². The van der Waals surface area contributed by atoms with Crippen LogP contribution in [0.3, 0.4) is 0 Å². The maximum absolute atomic E-state index is 6.37. The molecule has 0 aliphatic rings. The van der Waals surface area contributed by atoms with Gasteiger partial charge in [0.2, 0.25) is 0 Å². The molecule has 25 heavy (non-hydrogen) atoms. The monoisotopic (exact) mass is 333 g/mol. The Balaban J connectivity index is 1.91. The average Bonchev–Trinajstić information content (AvgIpc) is 2.67. The molecule has 2 aromatic carbocycles. The molecule has 1 aromatic heterocycles. The van der Waals surface area contributed by atoms with Gasteiger partial charge in [0.1, 0.15) is 12.0 Å². The Labute approximate surface area is 148 Å². The lowest BCUT2D eigenvalue weighted by atomic mass is 10.1. The zero-order chi connectivity index (χ0) is 17.6. The fraction of sp³-hybridized carbons (Fsp3) is 0.200. The third-order valence-corrected chi connectivity index (χ3v) is 4.13. The number of aromatic nitrogens is 2. The summed E-state index contributed by atoms with van der Waals surface area (Å²) in [5, 5.41) is 3.29. The molecule has 5 heteroatoms. The van der Waals surface area contributed by atoms with E-state index in [0.29, 0.717) is 17.3 Å². The lowest BCUT2D eigenvalue weighted by Crippen LogP contribution is -2.19. The first kappa shape index (κ1) is 16.8. The number of nitrogens with one attached hydrogen (secondary N) is 1. The highest BCUT2D eigenvalue weighted by atomic mass is 15.2. The zero-order valence-corrected chi connectivity index (χ0v) is 14.6. The maximum Gasteiger partial charge on any atom is 0.161 e. The van der Waals surface area contributed by atoms with E-state index in [9.17, 15) is 0 Å². The summed E-state index contributed by atoms with van der Waals surface area (Å²) in [5.74, 6) is 1.32. The summed E-state index contributed by atoms with van der Waals surface area (Å²) in [7, 11) is 0. The molecule has 1 heterocycles. The summed E-state index contributed by atoms with van der Waals surface area (Å²) in [5.41, 5.74) is 10.2. The number of nitrogens with two attached hydrogens (primary N) is 1. The molecule has 5 nitrogen and oxygen atoms in total. The second-order valence-corrected chi connectivity index (χ2v) is 5.71. The second-order valence-electron chi connectivity index (χ2n) is 5.71. The molecule has 0 spiro atoms. The number of anilines is 5. The van der Waals surface area contributed by atoms with Gasteiger partial charge in [0.05, 0.1) is 0 Å². The number of nitrogen functional groups attached to an aromatic ring is 1. The molecule has 0 fully saturated rings.